The Morgan fingerprint density at radius 1 is 1.31 bits per heavy atom. The Balaban J connectivity index is 2.40. The Morgan fingerprint density at radius 3 is 2.69 bits per heavy atom. The van der Waals surface area contributed by atoms with Gasteiger partial charge in [-0.15, -0.1) is 0 Å². The van der Waals surface area contributed by atoms with Crippen LogP contribution in [0.4, 0.5) is 5.69 Å². The summed E-state index contributed by atoms with van der Waals surface area (Å²) in [4.78, 5) is 2.32. The van der Waals surface area contributed by atoms with E-state index in [0.29, 0.717) is 11.5 Å². The number of hydrogen-bond donors (Lipinski definition) is 2. The summed E-state index contributed by atoms with van der Waals surface area (Å²) in [6.45, 7) is 5.38. The molecule has 4 heteroatoms. The summed E-state index contributed by atoms with van der Waals surface area (Å²) in [7, 11) is -1.37. The third-order valence-corrected chi connectivity index (χ3v) is 3.19. The van der Waals surface area contributed by atoms with Crippen LogP contribution < -0.4 is 10.4 Å². The van der Waals surface area contributed by atoms with E-state index in [4.69, 9.17) is 0 Å². The first-order chi connectivity index (χ1) is 7.59. The largest absolute Gasteiger partial charge is 0.488 e. The van der Waals surface area contributed by atoms with Crippen LogP contribution in [0, 0.1) is 0 Å². The monoisotopic (exact) mass is 219 g/mol. The molecule has 1 heterocycles. The van der Waals surface area contributed by atoms with Crippen molar-refractivity contribution in [2.75, 3.05) is 11.4 Å². The second-order valence-corrected chi connectivity index (χ2v) is 4.65. The highest BCUT2D eigenvalue weighted by molar-refractivity contribution is 6.58. The molecule has 0 saturated carbocycles. The number of hydrogen-bond acceptors (Lipinski definition) is 3. The van der Waals surface area contributed by atoms with Crippen molar-refractivity contribution in [3.63, 3.8) is 0 Å². The highest BCUT2D eigenvalue weighted by Crippen LogP contribution is 2.27. The molecular formula is C12H18BNO2. The molecule has 86 valence electrons. The molecule has 0 radical (unpaired) electrons. The number of rotatable bonds is 2. The Kier molecular flexibility index (Phi) is 3.21. The minimum atomic E-state index is -1.37. The van der Waals surface area contributed by atoms with Crippen molar-refractivity contribution in [1.29, 1.82) is 0 Å². The predicted molar refractivity (Wildman–Crippen MR) is 67.1 cm³/mol. The van der Waals surface area contributed by atoms with Crippen LogP contribution in [0.25, 0.3) is 0 Å². The normalized spacial score (nSPS) is 15.2. The Morgan fingerprint density at radius 2 is 2.06 bits per heavy atom. The number of anilines is 1. The maximum absolute atomic E-state index is 9.19. The summed E-state index contributed by atoms with van der Waals surface area (Å²) in [6, 6.07) is 6.16. The van der Waals surface area contributed by atoms with E-state index in [9.17, 15) is 10.0 Å². The standard InChI is InChI=1S/C12H18BNO2/c1-9(2)14-7-3-4-10-5-6-11(13(15)16)8-12(10)14/h5-6,8-9,15-16H,3-4,7H2,1-2H3. The first kappa shape index (κ1) is 11.5. The van der Waals surface area contributed by atoms with Crippen molar-refractivity contribution in [2.45, 2.75) is 32.7 Å². The maximum atomic E-state index is 9.19. The lowest BCUT2D eigenvalue weighted by Crippen LogP contribution is -2.38. The van der Waals surface area contributed by atoms with Crippen LogP contribution in [0.5, 0.6) is 0 Å². The van der Waals surface area contributed by atoms with Gasteiger partial charge in [-0.2, -0.15) is 0 Å². The molecule has 0 saturated heterocycles. The molecular weight excluding hydrogens is 201 g/mol. The lowest BCUT2D eigenvalue weighted by Gasteiger charge is -2.35. The highest BCUT2D eigenvalue weighted by Gasteiger charge is 2.21. The minimum absolute atomic E-state index is 0.449. The summed E-state index contributed by atoms with van der Waals surface area (Å²) < 4.78 is 0. The molecule has 1 aliphatic heterocycles. The van der Waals surface area contributed by atoms with Crippen molar-refractivity contribution in [1.82, 2.24) is 0 Å². The van der Waals surface area contributed by atoms with Crippen LogP contribution >= 0.6 is 0 Å². The van der Waals surface area contributed by atoms with E-state index in [0.717, 1.165) is 18.7 Å². The summed E-state index contributed by atoms with van der Waals surface area (Å²) in [5.41, 5.74) is 3.04. The highest BCUT2D eigenvalue weighted by atomic mass is 16.4. The number of aryl methyl sites for hydroxylation is 1. The lowest BCUT2D eigenvalue weighted by molar-refractivity contribution is 0.425. The van der Waals surface area contributed by atoms with E-state index in [2.05, 4.69) is 18.7 Å². The summed E-state index contributed by atoms with van der Waals surface area (Å²) >= 11 is 0. The van der Waals surface area contributed by atoms with Gasteiger partial charge in [0.25, 0.3) is 0 Å². The quantitative estimate of drug-likeness (QED) is 0.713. The second-order valence-electron chi connectivity index (χ2n) is 4.65. The van der Waals surface area contributed by atoms with Gasteiger partial charge in [-0.05, 0) is 43.8 Å². The molecule has 0 bridgehead atoms. The topological polar surface area (TPSA) is 43.7 Å². The first-order valence-corrected chi connectivity index (χ1v) is 5.85. The molecule has 1 aromatic carbocycles. The van der Waals surface area contributed by atoms with Crippen LogP contribution in [0.2, 0.25) is 0 Å². The second kappa shape index (κ2) is 4.48. The average molecular weight is 219 g/mol. The fourth-order valence-corrected chi connectivity index (χ4v) is 2.32. The molecule has 0 aliphatic carbocycles. The summed E-state index contributed by atoms with van der Waals surface area (Å²) in [6.07, 6.45) is 2.26. The van der Waals surface area contributed by atoms with Crippen molar-refractivity contribution in [3.8, 4) is 0 Å². The fourth-order valence-electron chi connectivity index (χ4n) is 2.32. The van der Waals surface area contributed by atoms with Crippen molar-refractivity contribution in [2.24, 2.45) is 0 Å². The van der Waals surface area contributed by atoms with Gasteiger partial charge in [0.15, 0.2) is 0 Å². The molecule has 3 nitrogen and oxygen atoms in total. The molecule has 2 N–H and O–H groups in total. The third kappa shape index (κ3) is 2.08. The molecule has 0 aromatic heterocycles. The molecule has 0 spiro atoms. The van der Waals surface area contributed by atoms with Gasteiger partial charge in [0.1, 0.15) is 0 Å². The molecule has 2 rings (SSSR count). The van der Waals surface area contributed by atoms with Gasteiger partial charge in [-0.3, -0.25) is 0 Å². The van der Waals surface area contributed by atoms with E-state index < -0.39 is 7.12 Å². The van der Waals surface area contributed by atoms with Gasteiger partial charge in [0, 0.05) is 18.3 Å². The van der Waals surface area contributed by atoms with Gasteiger partial charge in [0.2, 0.25) is 0 Å². The van der Waals surface area contributed by atoms with E-state index in [-0.39, 0.29) is 0 Å². The van der Waals surface area contributed by atoms with Crippen LogP contribution in [0.3, 0.4) is 0 Å². The molecule has 0 fully saturated rings. The minimum Gasteiger partial charge on any atom is -0.423 e. The van der Waals surface area contributed by atoms with Crippen LogP contribution in [0.15, 0.2) is 18.2 Å². The first-order valence-electron chi connectivity index (χ1n) is 5.85. The average Bonchev–Trinajstić information content (AvgIpc) is 2.27. The zero-order chi connectivity index (χ0) is 11.7. The maximum Gasteiger partial charge on any atom is 0.488 e. The van der Waals surface area contributed by atoms with Gasteiger partial charge in [0.05, 0.1) is 0 Å². The van der Waals surface area contributed by atoms with Crippen molar-refractivity contribution in [3.05, 3.63) is 23.8 Å². The van der Waals surface area contributed by atoms with E-state index in [1.165, 1.54) is 12.0 Å². The molecule has 16 heavy (non-hydrogen) atoms. The predicted octanol–water partition coefficient (Wildman–Crippen LogP) is 0.527. The van der Waals surface area contributed by atoms with Crippen molar-refractivity contribution < 1.29 is 10.0 Å². The number of benzene rings is 1. The van der Waals surface area contributed by atoms with E-state index in [1.54, 1.807) is 6.07 Å². The van der Waals surface area contributed by atoms with Crippen LogP contribution in [0.1, 0.15) is 25.8 Å². The zero-order valence-electron chi connectivity index (χ0n) is 9.85. The number of fused-ring (bicyclic) bond motifs is 1. The molecule has 0 unspecified atom stereocenters. The molecule has 1 aromatic rings. The van der Waals surface area contributed by atoms with Gasteiger partial charge >= 0.3 is 7.12 Å². The van der Waals surface area contributed by atoms with Gasteiger partial charge in [-0.1, -0.05) is 12.1 Å². The van der Waals surface area contributed by atoms with E-state index >= 15 is 0 Å². The number of nitrogens with zero attached hydrogens (tertiary/aromatic N) is 1. The SMILES string of the molecule is CC(C)N1CCCc2ccc(B(O)O)cc21. The molecule has 1 aliphatic rings. The van der Waals surface area contributed by atoms with Gasteiger partial charge < -0.3 is 14.9 Å². The molecule has 0 amide bonds. The van der Waals surface area contributed by atoms with Crippen molar-refractivity contribution >= 4 is 18.3 Å². The van der Waals surface area contributed by atoms with Crippen LogP contribution in [-0.2, 0) is 6.42 Å². The Labute approximate surface area is 96.9 Å². The zero-order valence-corrected chi connectivity index (χ0v) is 9.85. The molecule has 0 atom stereocenters. The smallest absolute Gasteiger partial charge is 0.423 e. The third-order valence-electron chi connectivity index (χ3n) is 3.19. The van der Waals surface area contributed by atoms with E-state index in [1.807, 2.05) is 12.1 Å². The Hall–Kier alpha value is -0.995. The summed E-state index contributed by atoms with van der Waals surface area (Å²) in [5.74, 6) is 0. The lowest BCUT2D eigenvalue weighted by atomic mass is 9.79. The fraction of sp³-hybridized carbons (Fsp3) is 0.500. The van der Waals surface area contributed by atoms with Crippen LogP contribution in [-0.4, -0.2) is 29.8 Å². The van der Waals surface area contributed by atoms with Gasteiger partial charge in [-0.25, -0.2) is 0 Å². The summed E-state index contributed by atoms with van der Waals surface area (Å²) in [5, 5.41) is 18.4. The Bertz CT molecular complexity index is 379.